The van der Waals surface area contributed by atoms with Crippen molar-refractivity contribution in [2.45, 2.75) is 18.8 Å². The van der Waals surface area contributed by atoms with Gasteiger partial charge in [-0.05, 0) is 55.3 Å². The Morgan fingerprint density at radius 1 is 1.07 bits per heavy atom. The molecule has 1 atom stereocenters. The molecule has 2 heterocycles. The second-order valence-electron chi connectivity index (χ2n) is 7.00. The van der Waals surface area contributed by atoms with E-state index in [1.807, 2.05) is 41.3 Å². The fourth-order valence-corrected chi connectivity index (χ4v) is 3.83. The number of piperidine rings is 1. The molecule has 1 saturated heterocycles. The highest BCUT2D eigenvalue weighted by molar-refractivity contribution is 5.94. The molecule has 2 aromatic carbocycles. The van der Waals surface area contributed by atoms with E-state index in [1.54, 1.807) is 20.3 Å². The summed E-state index contributed by atoms with van der Waals surface area (Å²) >= 11 is 0. The van der Waals surface area contributed by atoms with Crippen LogP contribution in [0.5, 0.6) is 11.5 Å². The monoisotopic (exact) mass is 364 g/mol. The van der Waals surface area contributed by atoms with Crippen LogP contribution in [0.25, 0.3) is 10.9 Å². The van der Waals surface area contributed by atoms with E-state index in [1.165, 1.54) is 5.69 Å². The molecule has 4 rings (SSSR count). The maximum atomic E-state index is 12.9. The standard InChI is InChI=1S/C22H24N2O3/c1-26-18-7-3-5-15(11-18)22(25)24-10-4-6-16(14-24)21-13-17-12-19(27-2)8-9-20(17)23-21/h3,5,7-9,11-13,16,23H,4,6,10,14H2,1-2H3. The van der Waals surface area contributed by atoms with Crippen LogP contribution in [0.2, 0.25) is 0 Å². The van der Waals surface area contributed by atoms with Crippen molar-refractivity contribution in [2.75, 3.05) is 27.3 Å². The lowest BCUT2D eigenvalue weighted by molar-refractivity contribution is 0.0706. The molecule has 1 aliphatic heterocycles. The van der Waals surface area contributed by atoms with Gasteiger partial charge < -0.3 is 19.4 Å². The maximum Gasteiger partial charge on any atom is 0.254 e. The van der Waals surface area contributed by atoms with Crippen LogP contribution < -0.4 is 9.47 Å². The Bertz CT molecular complexity index is 963. The Balaban J connectivity index is 1.54. The molecule has 1 fully saturated rings. The van der Waals surface area contributed by atoms with Gasteiger partial charge in [-0.1, -0.05) is 6.07 Å². The first-order chi connectivity index (χ1) is 13.2. The van der Waals surface area contributed by atoms with Gasteiger partial charge in [-0.2, -0.15) is 0 Å². The average Bonchev–Trinajstić information content (AvgIpc) is 3.16. The molecule has 0 aliphatic carbocycles. The number of amides is 1. The average molecular weight is 364 g/mol. The largest absolute Gasteiger partial charge is 0.497 e. The number of carbonyl (C=O) groups is 1. The summed E-state index contributed by atoms with van der Waals surface area (Å²) in [6.45, 7) is 1.51. The Kier molecular flexibility index (Phi) is 4.75. The number of benzene rings is 2. The summed E-state index contributed by atoms with van der Waals surface area (Å²) in [5.41, 5.74) is 2.96. The van der Waals surface area contributed by atoms with E-state index >= 15 is 0 Å². The number of methoxy groups -OCH3 is 2. The molecule has 1 amide bonds. The number of fused-ring (bicyclic) bond motifs is 1. The van der Waals surface area contributed by atoms with Gasteiger partial charge in [-0.15, -0.1) is 0 Å². The molecule has 27 heavy (non-hydrogen) atoms. The molecular weight excluding hydrogens is 340 g/mol. The number of hydrogen-bond acceptors (Lipinski definition) is 3. The summed E-state index contributed by atoms with van der Waals surface area (Å²) in [6, 6.07) is 15.6. The minimum absolute atomic E-state index is 0.0661. The summed E-state index contributed by atoms with van der Waals surface area (Å²) in [5.74, 6) is 1.94. The number of aromatic nitrogens is 1. The van der Waals surface area contributed by atoms with Crippen LogP contribution in [0, 0.1) is 0 Å². The van der Waals surface area contributed by atoms with Crippen molar-refractivity contribution in [2.24, 2.45) is 0 Å². The lowest BCUT2D eigenvalue weighted by Crippen LogP contribution is -2.39. The molecule has 1 aliphatic rings. The highest BCUT2D eigenvalue weighted by Crippen LogP contribution is 2.31. The smallest absolute Gasteiger partial charge is 0.254 e. The first-order valence-corrected chi connectivity index (χ1v) is 9.28. The molecule has 3 aromatic rings. The molecule has 1 unspecified atom stereocenters. The molecule has 1 aromatic heterocycles. The van der Waals surface area contributed by atoms with Crippen molar-refractivity contribution >= 4 is 16.8 Å². The number of aromatic amines is 1. The molecule has 0 saturated carbocycles. The van der Waals surface area contributed by atoms with E-state index in [0.717, 1.165) is 42.6 Å². The van der Waals surface area contributed by atoms with Gasteiger partial charge >= 0.3 is 0 Å². The van der Waals surface area contributed by atoms with Crippen molar-refractivity contribution in [1.82, 2.24) is 9.88 Å². The van der Waals surface area contributed by atoms with E-state index in [4.69, 9.17) is 9.47 Å². The zero-order chi connectivity index (χ0) is 18.8. The molecule has 5 heteroatoms. The van der Waals surface area contributed by atoms with Crippen LogP contribution >= 0.6 is 0 Å². The van der Waals surface area contributed by atoms with Crippen molar-refractivity contribution in [3.63, 3.8) is 0 Å². The highest BCUT2D eigenvalue weighted by Gasteiger charge is 2.26. The third-order valence-corrected chi connectivity index (χ3v) is 5.31. The molecular formula is C22H24N2O3. The van der Waals surface area contributed by atoms with Gasteiger partial charge in [0.15, 0.2) is 0 Å². The number of carbonyl (C=O) groups excluding carboxylic acids is 1. The summed E-state index contributed by atoms with van der Waals surface area (Å²) in [4.78, 5) is 18.4. The van der Waals surface area contributed by atoms with Gasteiger partial charge in [-0.25, -0.2) is 0 Å². The third kappa shape index (κ3) is 3.50. The van der Waals surface area contributed by atoms with E-state index in [0.29, 0.717) is 17.2 Å². The van der Waals surface area contributed by atoms with Crippen LogP contribution in [0.4, 0.5) is 0 Å². The number of likely N-dealkylation sites (tertiary alicyclic amines) is 1. The molecule has 140 valence electrons. The zero-order valence-electron chi connectivity index (χ0n) is 15.7. The van der Waals surface area contributed by atoms with E-state index in [9.17, 15) is 4.79 Å². The number of hydrogen-bond donors (Lipinski definition) is 1. The van der Waals surface area contributed by atoms with Crippen LogP contribution in [0.1, 0.15) is 34.8 Å². The minimum atomic E-state index is 0.0661. The zero-order valence-corrected chi connectivity index (χ0v) is 15.7. The SMILES string of the molecule is COc1cccc(C(=O)N2CCCC(c3cc4cc(OC)ccc4[nH]3)C2)c1. The van der Waals surface area contributed by atoms with Gasteiger partial charge in [0.25, 0.3) is 5.91 Å². The van der Waals surface area contributed by atoms with Crippen molar-refractivity contribution in [3.05, 3.63) is 59.8 Å². The van der Waals surface area contributed by atoms with Crippen molar-refractivity contribution < 1.29 is 14.3 Å². The molecule has 0 radical (unpaired) electrons. The van der Waals surface area contributed by atoms with E-state index < -0.39 is 0 Å². The first kappa shape index (κ1) is 17.5. The van der Waals surface area contributed by atoms with Gasteiger partial charge in [0.1, 0.15) is 11.5 Å². The maximum absolute atomic E-state index is 12.9. The van der Waals surface area contributed by atoms with Gasteiger partial charge in [0.05, 0.1) is 14.2 Å². The van der Waals surface area contributed by atoms with Gasteiger partial charge in [0.2, 0.25) is 0 Å². The highest BCUT2D eigenvalue weighted by atomic mass is 16.5. The Hall–Kier alpha value is -2.95. The van der Waals surface area contributed by atoms with E-state index in [-0.39, 0.29) is 5.91 Å². The van der Waals surface area contributed by atoms with Crippen LogP contribution in [-0.4, -0.2) is 43.1 Å². The summed E-state index contributed by atoms with van der Waals surface area (Å²) < 4.78 is 10.6. The van der Waals surface area contributed by atoms with Crippen LogP contribution in [0.3, 0.4) is 0 Å². The summed E-state index contributed by atoms with van der Waals surface area (Å²) in [7, 11) is 3.29. The number of H-pyrrole nitrogens is 1. The van der Waals surface area contributed by atoms with Gasteiger partial charge in [0, 0.05) is 41.2 Å². The summed E-state index contributed by atoms with van der Waals surface area (Å²) in [5, 5.41) is 1.14. The molecule has 5 nitrogen and oxygen atoms in total. The number of nitrogens with zero attached hydrogens (tertiary/aromatic N) is 1. The lowest BCUT2D eigenvalue weighted by Gasteiger charge is -2.32. The number of ether oxygens (including phenoxy) is 2. The Morgan fingerprint density at radius 3 is 2.70 bits per heavy atom. The number of nitrogens with one attached hydrogen (secondary N) is 1. The second kappa shape index (κ2) is 7.35. The second-order valence-corrected chi connectivity index (χ2v) is 7.00. The fraction of sp³-hybridized carbons (Fsp3) is 0.318. The predicted octanol–water partition coefficient (Wildman–Crippen LogP) is 4.20. The van der Waals surface area contributed by atoms with Crippen molar-refractivity contribution in [1.29, 1.82) is 0 Å². The lowest BCUT2D eigenvalue weighted by atomic mass is 9.94. The topological polar surface area (TPSA) is 54.6 Å². The fourth-order valence-electron chi connectivity index (χ4n) is 3.83. The van der Waals surface area contributed by atoms with Crippen LogP contribution in [-0.2, 0) is 0 Å². The molecule has 0 bridgehead atoms. The first-order valence-electron chi connectivity index (χ1n) is 9.28. The predicted molar refractivity (Wildman–Crippen MR) is 106 cm³/mol. The van der Waals surface area contributed by atoms with Crippen molar-refractivity contribution in [3.8, 4) is 11.5 Å². The Labute approximate surface area is 158 Å². The molecule has 0 spiro atoms. The quantitative estimate of drug-likeness (QED) is 0.755. The number of rotatable bonds is 4. The van der Waals surface area contributed by atoms with E-state index in [2.05, 4.69) is 11.1 Å². The summed E-state index contributed by atoms with van der Waals surface area (Å²) in [6.07, 6.45) is 2.07. The third-order valence-electron chi connectivity index (χ3n) is 5.31. The van der Waals surface area contributed by atoms with Crippen LogP contribution in [0.15, 0.2) is 48.5 Å². The minimum Gasteiger partial charge on any atom is -0.497 e. The Morgan fingerprint density at radius 2 is 1.89 bits per heavy atom. The normalized spacial score (nSPS) is 17.1. The molecule has 1 N–H and O–H groups in total. The van der Waals surface area contributed by atoms with Gasteiger partial charge in [-0.3, -0.25) is 4.79 Å².